The van der Waals surface area contributed by atoms with Gasteiger partial charge in [0.1, 0.15) is 5.75 Å². The van der Waals surface area contributed by atoms with E-state index in [1.54, 1.807) is 24.3 Å². The zero-order valence-corrected chi connectivity index (χ0v) is 17.7. The lowest BCUT2D eigenvalue weighted by Gasteiger charge is -2.11. The number of rotatable bonds is 8. The van der Waals surface area contributed by atoms with Gasteiger partial charge < -0.3 is 15.4 Å². The second-order valence-electron chi connectivity index (χ2n) is 6.22. The van der Waals surface area contributed by atoms with E-state index in [1.807, 2.05) is 49.6 Å². The van der Waals surface area contributed by atoms with Crippen LogP contribution in [0.1, 0.15) is 12.6 Å². The molecular formula is C21H21N3O3S2. The first kappa shape index (κ1) is 20.9. The van der Waals surface area contributed by atoms with Crippen molar-refractivity contribution < 1.29 is 14.3 Å². The van der Waals surface area contributed by atoms with Gasteiger partial charge in [0.15, 0.2) is 11.7 Å². The highest BCUT2D eigenvalue weighted by atomic mass is 32.2. The van der Waals surface area contributed by atoms with Gasteiger partial charge in [-0.2, -0.15) is 0 Å². The predicted molar refractivity (Wildman–Crippen MR) is 118 cm³/mol. The zero-order valence-electron chi connectivity index (χ0n) is 16.0. The molecule has 1 aromatic heterocycles. The Morgan fingerprint density at radius 3 is 2.48 bits per heavy atom. The first-order valence-corrected chi connectivity index (χ1v) is 10.7. The number of hydrogen-bond donors (Lipinski definition) is 2. The first-order chi connectivity index (χ1) is 14.0. The molecule has 6 nitrogen and oxygen atoms in total. The van der Waals surface area contributed by atoms with E-state index in [-0.39, 0.29) is 23.7 Å². The number of hydrogen-bond acceptors (Lipinski definition) is 6. The Hall–Kier alpha value is -2.84. The molecule has 29 heavy (non-hydrogen) atoms. The van der Waals surface area contributed by atoms with Gasteiger partial charge in [-0.3, -0.25) is 9.59 Å². The maximum Gasteiger partial charge on any atom is 0.262 e. The summed E-state index contributed by atoms with van der Waals surface area (Å²) in [5.41, 5.74) is 1.56. The van der Waals surface area contributed by atoms with Crippen LogP contribution in [0.15, 0.2) is 64.9 Å². The fourth-order valence-electron chi connectivity index (χ4n) is 2.36. The number of carbonyl (C=O) groups excluding carboxylic acids is 2. The number of aryl methyl sites for hydroxylation is 1. The third kappa shape index (κ3) is 6.62. The van der Waals surface area contributed by atoms with E-state index in [1.165, 1.54) is 23.1 Å². The number of amides is 2. The Balaban J connectivity index is 1.46. The number of anilines is 2. The van der Waals surface area contributed by atoms with Crippen molar-refractivity contribution in [2.24, 2.45) is 0 Å². The number of thiazole rings is 1. The summed E-state index contributed by atoms with van der Waals surface area (Å²) in [7, 11) is 0. The molecule has 3 rings (SSSR count). The molecule has 2 amide bonds. The molecule has 0 saturated carbocycles. The topological polar surface area (TPSA) is 80.3 Å². The van der Waals surface area contributed by atoms with E-state index < -0.39 is 0 Å². The van der Waals surface area contributed by atoms with E-state index in [9.17, 15) is 9.59 Å². The number of para-hydroxylation sites is 1. The Labute approximate surface area is 177 Å². The van der Waals surface area contributed by atoms with Crippen molar-refractivity contribution in [3.8, 4) is 5.75 Å². The lowest BCUT2D eigenvalue weighted by molar-refractivity contribution is -0.118. The highest BCUT2D eigenvalue weighted by molar-refractivity contribution is 8.00. The van der Waals surface area contributed by atoms with E-state index in [2.05, 4.69) is 15.6 Å². The number of nitrogens with one attached hydrogen (secondary N) is 2. The number of ether oxygens (including phenoxy) is 1. The van der Waals surface area contributed by atoms with Crippen LogP contribution in [0.3, 0.4) is 0 Å². The maximum absolute atomic E-state index is 12.3. The zero-order chi connectivity index (χ0) is 20.6. The lowest BCUT2D eigenvalue weighted by atomic mass is 10.3. The molecule has 0 aliphatic carbocycles. The van der Waals surface area contributed by atoms with Gasteiger partial charge in [0, 0.05) is 16.0 Å². The van der Waals surface area contributed by atoms with Crippen molar-refractivity contribution in [3.63, 3.8) is 0 Å². The smallest absolute Gasteiger partial charge is 0.262 e. The molecule has 2 aromatic carbocycles. The Bertz CT molecular complexity index is 959. The maximum atomic E-state index is 12.3. The molecule has 1 atom stereocenters. The summed E-state index contributed by atoms with van der Waals surface area (Å²) in [5, 5.41) is 7.84. The summed E-state index contributed by atoms with van der Waals surface area (Å²) in [6.07, 6.45) is 0. The Morgan fingerprint density at radius 1 is 1.10 bits per heavy atom. The molecule has 2 N–H and O–H groups in total. The van der Waals surface area contributed by atoms with Crippen LogP contribution in [-0.4, -0.2) is 28.7 Å². The summed E-state index contributed by atoms with van der Waals surface area (Å²) < 4.78 is 5.43. The number of carbonyl (C=O) groups is 2. The van der Waals surface area contributed by atoms with Gasteiger partial charge in [0.25, 0.3) is 5.91 Å². The normalized spacial score (nSPS) is 11.5. The molecule has 150 valence electrons. The average Bonchev–Trinajstić information content (AvgIpc) is 3.13. The summed E-state index contributed by atoms with van der Waals surface area (Å²) in [4.78, 5) is 29.5. The van der Waals surface area contributed by atoms with Crippen LogP contribution in [0.25, 0.3) is 0 Å². The van der Waals surface area contributed by atoms with Crippen LogP contribution < -0.4 is 15.4 Å². The fraction of sp³-hybridized carbons (Fsp3) is 0.190. The molecule has 8 heteroatoms. The van der Waals surface area contributed by atoms with Crippen molar-refractivity contribution in [2.75, 3.05) is 17.2 Å². The SMILES string of the molecule is Cc1csc(NC(=O)C(C)Sc2ccc(NC(=O)COc3ccccc3)cc2)n1. The standard InChI is InChI=1S/C21H21N3O3S2/c1-14-13-28-21(22-14)24-20(26)15(2)29-18-10-8-16(9-11-18)23-19(25)12-27-17-6-4-3-5-7-17/h3-11,13,15H,12H2,1-2H3,(H,23,25)(H,22,24,26). The van der Waals surface area contributed by atoms with Crippen molar-refractivity contribution >= 4 is 45.7 Å². The molecule has 0 saturated heterocycles. The second kappa shape index (κ2) is 10.1. The highest BCUT2D eigenvalue weighted by Gasteiger charge is 2.16. The van der Waals surface area contributed by atoms with Crippen molar-refractivity contribution in [1.82, 2.24) is 4.98 Å². The van der Waals surface area contributed by atoms with Crippen molar-refractivity contribution in [2.45, 2.75) is 24.0 Å². The molecule has 1 unspecified atom stereocenters. The molecule has 0 spiro atoms. The molecule has 3 aromatic rings. The predicted octanol–water partition coefficient (Wildman–Crippen LogP) is 4.59. The van der Waals surface area contributed by atoms with Gasteiger partial charge in [-0.15, -0.1) is 23.1 Å². The van der Waals surface area contributed by atoms with E-state index in [0.29, 0.717) is 16.6 Å². The first-order valence-electron chi connectivity index (χ1n) is 8.97. The van der Waals surface area contributed by atoms with Gasteiger partial charge in [-0.25, -0.2) is 4.98 Å². The third-order valence-corrected chi connectivity index (χ3v) is 5.77. The molecular weight excluding hydrogens is 406 g/mol. The van der Waals surface area contributed by atoms with Crippen molar-refractivity contribution in [1.29, 1.82) is 0 Å². The molecule has 1 heterocycles. The van der Waals surface area contributed by atoms with E-state index >= 15 is 0 Å². The minimum atomic E-state index is -0.279. The quantitative estimate of drug-likeness (QED) is 0.514. The minimum absolute atomic E-state index is 0.0616. The molecule has 0 radical (unpaired) electrons. The summed E-state index contributed by atoms with van der Waals surface area (Å²) in [5.74, 6) is 0.315. The van der Waals surface area contributed by atoms with Gasteiger partial charge >= 0.3 is 0 Å². The van der Waals surface area contributed by atoms with Crippen LogP contribution >= 0.6 is 23.1 Å². The van der Waals surface area contributed by atoms with Crippen LogP contribution in [0.5, 0.6) is 5.75 Å². The van der Waals surface area contributed by atoms with E-state index in [4.69, 9.17) is 4.74 Å². The lowest BCUT2D eigenvalue weighted by Crippen LogP contribution is -2.22. The minimum Gasteiger partial charge on any atom is -0.484 e. The Kier molecular flexibility index (Phi) is 7.26. The number of aromatic nitrogens is 1. The average molecular weight is 428 g/mol. The molecule has 0 aliphatic rings. The van der Waals surface area contributed by atoms with Gasteiger partial charge in [-0.05, 0) is 50.2 Å². The number of nitrogens with zero attached hydrogens (tertiary/aromatic N) is 1. The summed E-state index contributed by atoms with van der Waals surface area (Å²) >= 11 is 2.85. The summed E-state index contributed by atoms with van der Waals surface area (Å²) in [6.45, 7) is 3.67. The Morgan fingerprint density at radius 2 is 1.83 bits per heavy atom. The van der Waals surface area contributed by atoms with Gasteiger partial charge in [-0.1, -0.05) is 18.2 Å². The molecule has 0 fully saturated rings. The molecule has 0 bridgehead atoms. The van der Waals surface area contributed by atoms with Crippen LogP contribution in [0, 0.1) is 6.92 Å². The highest BCUT2D eigenvalue weighted by Crippen LogP contribution is 2.26. The molecule has 0 aliphatic heterocycles. The van der Waals surface area contributed by atoms with Crippen LogP contribution in [0.2, 0.25) is 0 Å². The van der Waals surface area contributed by atoms with Crippen LogP contribution in [0.4, 0.5) is 10.8 Å². The van der Waals surface area contributed by atoms with Gasteiger partial charge in [0.2, 0.25) is 5.91 Å². The fourth-order valence-corrected chi connectivity index (χ4v) is 3.91. The van der Waals surface area contributed by atoms with E-state index in [0.717, 1.165) is 10.6 Å². The monoisotopic (exact) mass is 427 g/mol. The van der Waals surface area contributed by atoms with Crippen LogP contribution in [-0.2, 0) is 9.59 Å². The third-order valence-electron chi connectivity index (χ3n) is 3.78. The number of thioether (sulfide) groups is 1. The second-order valence-corrected chi connectivity index (χ2v) is 8.49. The summed E-state index contributed by atoms with van der Waals surface area (Å²) in [6, 6.07) is 16.5. The largest absolute Gasteiger partial charge is 0.484 e. The van der Waals surface area contributed by atoms with Gasteiger partial charge in [0.05, 0.1) is 10.9 Å². The number of benzene rings is 2. The van der Waals surface area contributed by atoms with Crippen molar-refractivity contribution in [3.05, 3.63) is 65.7 Å².